The van der Waals surface area contributed by atoms with Crippen LogP contribution in [0.25, 0.3) is 0 Å². The van der Waals surface area contributed by atoms with Crippen LogP contribution in [0, 0.1) is 11.8 Å². The quantitative estimate of drug-likeness (QED) is 0.815. The molecule has 0 bridgehead atoms. The molecule has 2 saturated carbocycles. The molecule has 2 fully saturated rings. The van der Waals surface area contributed by atoms with E-state index >= 15 is 0 Å². The topological polar surface area (TPSA) is 55.1 Å². The zero-order chi connectivity index (χ0) is 11.6. The zero-order valence-corrected chi connectivity index (χ0v) is 11.5. The highest BCUT2D eigenvalue weighted by atomic mass is 35.5. The number of carbonyl (C=O) groups excluding carboxylic acids is 1. The van der Waals surface area contributed by atoms with Crippen LogP contribution in [0.4, 0.5) is 0 Å². The number of rotatable bonds is 4. The van der Waals surface area contributed by atoms with Gasteiger partial charge in [0.25, 0.3) is 0 Å². The third-order valence-corrected chi connectivity index (χ3v) is 4.34. The van der Waals surface area contributed by atoms with Crippen molar-refractivity contribution >= 4 is 18.3 Å². The molecule has 0 heterocycles. The molecule has 0 radical (unpaired) electrons. The van der Waals surface area contributed by atoms with Gasteiger partial charge < -0.3 is 11.1 Å². The predicted molar refractivity (Wildman–Crippen MR) is 72.1 cm³/mol. The Labute approximate surface area is 110 Å². The highest BCUT2D eigenvalue weighted by molar-refractivity contribution is 5.88. The summed E-state index contributed by atoms with van der Waals surface area (Å²) in [5.74, 6) is 1.69. The van der Waals surface area contributed by atoms with Gasteiger partial charge in [0.1, 0.15) is 0 Å². The van der Waals surface area contributed by atoms with Crippen LogP contribution >= 0.6 is 12.4 Å². The molecule has 0 unspecified atom stereocenters. The van der Waals surface area contributed by atoms with E-state index in [0.717, 1.165) is 25.3 Å². The van der Waals surface area contributed by atoms with Gasteiger partial charge in [-0.2, -0.15) is 0 Å². The minimum atomic E-state index is -0.499. The molecule has 0 aromatic heterocycles. The molecule has 3 nitrogen and oxygen atoms in total. The van der Waals surface area contributed by atoms with Crippen molar-refractivity contribution in [3.63, 3.8) is 0 Å². The Hall–Kier alpha value is -0.280. The van der Waals surface area contributed by atoms with Crippen molar-refractivity contribution in [2.75, 3.05) is 6.54 Å². The van der Waals surface area contributed by atoms with Gasteiger partial charge in [0, 0.05) is 6.54 Å². The minimum absolute atomic E-state index is 0. The van der Waals surface area contributed by atoms with E-state index in [-0.39, 0.29) is 18.3 Å². The van der Waals surface area contributed by atoms with E-state index in [1.165, 1.54) is 32.1 Å². The third-order valence-electron chi connectivity index (χ3n) is 4.34. The fraction of sp³-hybridized carbons (Fsp3) is 0.923. The molecule has 17 heavy (non-hydrogen) atoms. The molecule has 1 amide bonds. The van der Waals surface area contributed by atoms with E-state index in [2.05, 4.69) is 12.2 Å². The van der Waals surface area contributed by atoms with E-state index < -0.39 is 5.54 Å². The van der Waals surface area contributed by atoms with E-state index in [1.54, 1.807) is 0 Å². The van der Waals surface area contributed by atoms with Crippen LogP contribution in [0.15, 0.2) is 0 Å². The van der Waals surface area contributed by atoms with Crippen molar-refractivity contribution in [1.29, 1.82) is 0 Å². The Morgan fingerprint density at radius 1 is 1.24 bits per heavy atom. The number of nitrogens with two attached hydrogens (primary N) is 1. The highest BCUT2D eigenvalue weighted by Crippen LogP contribution is 2.33. The van der Waals surface area contributed by atoms with Gasteiger partial charge in [0.05, 0.1) is 5.54 Å². The van der Waals surface area contributed by atoms with Gasteiger partial charge in [-0.25, -0.2) is 0 Å². The van der Waals surface area contributed by atoms with Crippen molar-refractivity contribution in [3.8, 4) is 0 Å². The van der Waals surface area contributed by atoms with Gasteiger partial charge >= 0.3 is 0 Å². The second-order valence-electron chi connectivity index (χ2n) is 5.66. The van der Waals surface area contributed by atoms with Crippen LogP contribution in [0.2, 0.25) is 0 Å². The molecule has 0 aromatic carbocycles. The Morgan fingerprint density at radius 3 is 2.24 bits per heavy atom. The molecular formula is C13H25ClN2O. The lowest BCUT2D eigenvalue weighted by Gasteiger charge is -2.28. The Bertz CT molecular complexity index is 258. The average Bonchev–Trinajstić information content (AvgIpc) is 3.06. The van der Waals surface area contributed by atoms with Crippen molar-refractivity contribution in [2.24, 2.45) is 17.6 Å². The lowest BCUT2D eigenvalue weighted by molar-refractivity contribution is -0.123. The van der Waals surface area contributed by atoms with E-state index in [0.29, 0.717) is 5.92 Å². The van der Waals surface area contributed by atoms with Crippen LogP contribution in [0.3, 0.4) is 0 Å². The molecule has 0 saturated heterocycles. The molecule has 2 rings (SSSR count). The molecule has 0 aliphatic heterocycles. The third kappa shape index (κ3) is 3.85. The standard InChI is InChI=1S/C13H24N2O.ClH/c1-2-10-3-5-11(6-4-10)9-15-12(16)13(14)7-8-13;/h10-11H,2-9,14H2,1H3,(H,15,16);1H. The number of hydrogen-bond donors (Lipinski definition) is 2. The summed E-state index contributed by atoms with van der Waals surface area (Å²) < 4.78 is 0. The first kappa shape index (κ1) is 14.8. The second kappa shape index (κ2) is 6.05. The summed E-state index contributed by atoms with van der Waals surface area (Å²) in [5.41, 5.74) is 5.34. The summed E-state index contributed by atoms with van der Waals surface area (Å²) in [6.07, 6.45) is 8.26. The first-order valence-corrected chi connectivity index (χ1v) is 6.71. The lowest BCUT2D eigenvalue weighted by Crippen LogP contribution is -2.44. The van der Waals surface area contributed by atoms with Crippen molar-refractivity contribution < 1.29 is 4.79 Å². The molecule has 0 atom stereocenters. The monoisotopic (exact) mass is 260 g/mol. The molecule has 4 heteroatoms. The lowest BCUT2D eigenvalue weighted by atomic mass is 9.81. The number of halogens is 1. The van der Waals surface area contributed by atoms with Gasteiger partial charge in [-0.05, 0) is 37.5 Å². The highest BCUT2D eigenvalue weighted by Gasteiger charge is 2.45. The number of amides is 1. The summed E-state index contributed by atoms with van der Waals surface area (Å²) in [5, 5.41) is 3.02. The Balaban J connectivity index is 0.00000144. The normalized spacial score (nSPS) is 30.2. The largest absolute Gasteiger partial charge is 0.354 e. The maximum absolute atomic E-state index is 11.7. The molecule has 3 N–H and O–H groups in total. The smallest absolute Gasteiger partial charge is 0.240 e. The molecule has 2 aliphatic rings. The second-order valence-corrected chi connectivity index (χ2v) is 5.66. The van der Waals surface area contributed by atoms with Crippen LogP contribution in [-0.2, 0) is 4.79 Å². The fourth-order valence-corrected chi connectivity index (χ4v) is 2.62. The van der Waals surface area contributed by atoms with Crippen LogP contribution < -0.4 is 11.1 Å². The van der Waals surface area contributed by atoms with Crippen molar-refractivity contribution in [2.45, 2.75) is 57.4 Å². The number of hydrogen-bond acceptors (Lipinski definition) is 2. The SMILES string of the molecule is CCC1CCC(CNC(=O)C2(N)CC2)CC1.Cl. The van der Waals surface area contributed by atoms with Crippen LogP contribution in [0.1, 0.15) is 51.9 Å². The van der Waals surface area contributed by atoms with E-state index in [9.17, 15) is 4.79 Å². The Kier molecular flexibility index (Phi) is 5.26. The van der Waals surface area contributed by atoms with E-state index in [4.69, 9.17) is 5.73 Å². The molecule has 0 spiro atoms. The van der Waals surface area contributed by atoms with Crippen molar-refractivity contribution in [3.05, 3.63) is 0 Å². The number of carbonyl (C=O) groups is 1. The molecular weight excluding hydrogens is 236 g/mol. The van der Waals surface area contributed by atoms with Crippen LogP contribution in [0.5, 0.6) is 0 Å². The maximum atomic E-state index is 11.7. The Morgan fingerprint density at radius 2 is 1.76 bits per heavy atom. The molecule has 0 aromatic rings. The summed E-state index contributed by atoms with van der Waals surface area (Å²) in [6.45, 7) is 3.12. The average molecular weight is 261 g/mol. The predicted octanol–water partition coefficient (Wildman–Crippen LogP) is 2.23. The molecule has 2 aliphatic carbocycles. The van der Waals surface area contributed by atoms with Crippen molar-refractivity contribution in [1.82, 2.24) is 5.32 Å². The first-order chi connectivity index (χ1) is 7.64. The zero-order valence-electron chi connectivity index (χ0n) is 10.7. The fourth-order valence-electron chi connectivity index (χ4n) is 2.62. The first-order valence-electron chi connectivity index (χ1n) is 6.71. The van der Waals surface area contributed by atoms with Crippen LogP contribution in [-0.4, -0.2) is 18.0 Å². The number of nitrogens with one attached hydrogen (secondary N) is 1. The van der Waals surface area contributed by atoms with Gasteiger partial charge in [-0.1, -0.05) is 26.2 Å². The van der Waals surface area contributed by atoms with Gasteiger partial charge in [-0.15, -0.1) is 12.4 Å². The van der Waals surface area contributed by atoms with Gasteiger partial charge in [-0.3, -0.25) is 4.79 Å². The molecule has 100 valence electrons. The summed E-state index contributed by atoms with van der Waals surface area (Å²) >= 11 is 0. The summed E-state index contributed by atoms with van der Waals surface area (Å²) in [4.78, 5) is 11.7. The van der Waals surface area contributed by atoms with Gasteiger partial charge in [0.15, 0.2) is 0 Å². The summed E-state index contributed by atoms with van der Waals surface area (Å²) in [6, 6.07) is 0. The summed E-state index contributed by atoms with van der Waals surface area (Å²) in [7, 11) is 0. The maximum Gasteiger partial charge on any atom is 0.240 e. The minimum Gasteiger partial charge on any atom is -0.354 e. The van der Waals surface area contributed by atoms with E-state index in [1.807, 2.05) is 0 Å². The van der Waals surface area contributed by atoms with Gasteiger partial charge in [0.2, 0.25) is 5.91 Å².